The van der Waals surface area contributed by atoms with E-state index < -0.39 is 67.2 Å². The summed E-state index contributed by atoms with van der Waals surface area (Å²) in [4.78, 5) is 3.69. The topological polar surface area (TPSA) is 65.3 Å². The smallest absolute Gasteiger partial charge is 0.426 e. The van der Waals surface area contributed by atoms with Gasteiger partial charge in [-0.05, 0) is 0 Å². The molecule has 1 heterocycles. The monoisotopic (exact) mass is 574 g/mol. The molecule has 0 fully saturated rings. The third-order valence-corrected chi connectivity index (χ3v) is 4.30. The number of hydrazone groups is 1. The lowest BCUT2D eigenvalue weighted by Gasteiger charge is -2.42. The van der Waals surface area contributed by atoms with Crippen LogP contribution in [0.1, 0.15) is 0 Å². The molecule has 0 saturated carbocycles. The summed E-state index contributed by atoms with van der Waals surface area (Å²) in [7, 11) is -2.16. The minimum atomic E-state index is -8.71. The van der Waals surface area contributed by atoms with Crippen LogP contribution in [0.3, 0.4) is 0 Å². The van der Waals surface area contributed by atoms with Gasteiger partial charge in [0.2, 0.25) is 0 Å². The summed E-state index contributed by atoms with van der Waals surface area (Å²) in [5.41, 5.74) is 0. The number of hydrogen-bond donors (Lipinski definition) is 2. The van der Waals surface area contributed by atoms with Crippen molar-refractivity contribution in [3.63, 3.8) is 0 Å². The van der Waals surface area contributed by atoms with E-state index in [2.05, 4.69) is 9.94 Å². The Bertz CT molecular complexity index is 843. The molecule has 5 nitrogen and oxygen atoms in total. The molecular weight excluding hydrogens is 566 g/mol. The molecule has 0 aromatic heterocycles. The molecule has 23 heteroatoms. The predicted octanol–water partition coefficient (Wildman–Crippen LogP) is 4.59. The van der Waals surface area contributed by atoms with Gasteiger partial charge in [-0.25, -0.2) is 4.84 Å². The van der Waals surface area contributed by atoms with Crippen LogP contribution in [0, 0.1) is 0 Å². The van der Waals surface area contributed by atoms with Crippen LogP contribution in [0.25, 0.3) is 0 Å². The molecule has 0 spiro atoms. The summed E-state index contributed by atoms with van der Waals surface area (Å²) in [6.07, 6.45) is -6.40. The van der Waals surface area contributed by atoms with Crippen LogP contribution in [-0.2, 0) is 4.84 Å². The maximum absolute atomic E-state index is 13.7. The summed E-state index contributed by atoms with van der Waals surface area (Å²) in [5.74, 6) is -58.6. The number of halogens is 17. The Morgan fingerprint density at radius 2 is 1.06 bits per heavy atom. The molecule has 0 aromatic rings. The molecule has 36 heavy (non-hydrogen) atoms. The van der Waals surface area contributed by atoms with Crippen LogP contribution in [-0.4, -0.2) is 82.8 Å². The van der Waals surface area contributed by atoms with Gasteiger partial charge in [0, 0.05) is 6.21 Å². The highest BCUT2D eigenvalue weighted by atomic mass is 19.4. The Kier molecular flexibility index (Phi) is 8.05. The van der Waals surface area contributed by atoms with Crippen LogP contribution < -0.4 is 0 Å². The normalized spacial score (nSPS) is 19.2. The van der Waals surface area contributed by atoms with Gasteiger partial charge in [0.1, 0.15) is 6.61 Å². The zero-order chi connectivity index (χ0) is 29.0. The molecule has 0 radical (unpaired) electrons. The average molecular weight is 574 g/mol. The maximum Gasteiger partial charge on any atom is 0.464 e. The van der Waals surface area contributed by atoms with Crippen LogP contribution in [0.5, 0.6) is 0 Å². The zero-order valence-electron chi connectivity index (χ0n) is 16.2. The van der Waals surface area contributed by atoms with Crippen molar-refractivity contribution in [2.45, 2.75) is 53.5 Å². The molecule has 1 aliphatic rings. The predicted molar refractivity (Wildman–Crippen MR) is 80.0 cm³/mol. The third kappa shape index (κ3) is 4.68. The number of alkyl halides is 17. The van der Waals surface area contributed by atoms with Crippen molar-refractivity contribution in [2.75, 3.05) is 6.61 Å². The van der Waals surface area contributed by atoms with Gasteiger partial charge >= 0.3 is 54.8 Å². The molecule has 1 unspecified atom stereocenters. The Morgan fingerprint density at radius 1 is 0.667 bits per heavy atom. The highest BCUT2D eigenvalue weighted by Gasteiger charge is 2.95. The van der Waals surface area contributed by atoms with Crippen LogP contribution >= 0.6 is 0 Å². The zero-order valence-corrected chi connectivity index (χ0v) is 16.2. The summed E-state index contributed by atoms with van der Waals surface area (Å²) >= 11 is 0. The number of allylic oxidation sites excluding steroid dienone is 1. The molecular formula is C13H8BF17N2O3. The fourth-order valence-electron chi connectivity index (χ4n) is 2.09. The molecule has 0 saturated heterocycles. The van der Waals surface area contributed by atoms with Crippen LogP contribution in [0.15, 0.2) is 17.4 Å². The first kappa shape index (κ1) is 32.0. The van der Waals surface area contributed by atoms with E-state index in [-0.39, 0.29) is 5.17 Å². The summed E-state index contributed by atoms with van der Waals surface area (Å²) < 4.78 is 223. The molecule has 1 rings (SSSR count). The van der Waals surface area contributed by atoms with E-state index in [0.717, 1.165) is 0 Å². The van der Waals surface area contributed by atoms with Gasteiger partial charge in [0.05, 0.1) is 12.0 Å². The van der Waals surface area contributed by atoms with Crippen molar-refractivity contribution in [3.05, 3.63) is 12.3 Å². The fourth-order valence-corrected chi connectivity index (χ4v) is 2.09. The largest absolute Gasteiger partial charge is 0.464 e. The van der Waals surface area contributed by atoms with Crippen LogP contribution in [0.4, 0.5) is 74.6 Å². The highest BCUT2D eigenvalue weighted by Crippen LogP contribution is 2.63. The van der Waals surface area contributed by atoms with E-state index in [4.69, 9.17) is 10.0 Å². The van der Waals surface area contributed by atoms with Crippen molar-refractivity contribution in [1.82, 2.24) is 5.17 Å². The Morgan fingerprint density at radius 3 is 1.39 bits per heavy atom. The van der Waals surface area contributed by atoms with E-state index in [1.807, 2.05) is 0 Å². The number of nitrogens with zero attached hydrogens (tertiary/aromatic N) is 2. The molecule has 0 aromatic carbocycles. The third-order valence-electron chi connectivity index (χ3n) is 4.30. The van der Waals surface area contributed by atoms with E-state index in [9.17, 15) is 74.6 Å². The summed E-state index contributed by atoms with van der Waals surface area (Å²) in [5, 5.41) is 20.1. The lowest BCUT2D eigenvalue weighted by atomic mass is 9.73. The standard InChI is InChI=1S/C13H8BF17N2O3/c15-6(16,4-36-33-2-1-5(3-32-33)14(34)35)7(17,18)8(19,20)9(21,22)10(23,24)11(25,26)12(27,28)13(29,30)31/h1-3,5,34-35H,4H2. The number of hydrogen-bond acceptors (Lipinski definition) is 5. The Hall–Kier alpha value is -2.04. The second-order valence-corrected chi connectivity index (χ2v) is 6.82. The van der Waals surface area contributed by atoms with Crippen molar-refractivity contribution < 1.29 is 89.5 Å². The molecule has 1 atom stereocenters. The maximum atomic E-state index is 13.7. The number of hydroxylamine groups is 1. The molecule has 1 aliphatic heterocycles. The second-order valence-electron chi connectivity index (χ2n) is 6.82. The first-order chi connectivity index (χ1) is 15.6. The van der Waals surface area contributed by atoms with E-state index in [1.54, 1.807) is 0 Å². The van der Waals surface area contributed by atoms with Crippen molar-refractivity contribution >= 4 is 13.3 Å². The Balaban J connectivity index is 3.33. The van der Waals surface area contributed by atoms with Gasteiger partial charge in [0.15, 0.2) is 0 Å². The number of rotatable bonds is 10. The van der Waals surface area contributed by atoms with Crippen molar-refractivity contribution in [2.24, 2.45) is 5.10 Å². The second kappa shape index (κ2) is 9.06. The minimum absolute atomic E-state index is 0.314. The molecule has 0 aliphatic carbocycles. The van der Waals surface area contributed by atoms with E-state index in [1.165, 1.54) is 0 Å². The minimum Gasteiger partial charge on any atom is -0.426 e. The molecule has 2 N–H and O–H groups in total. The summed E-state index contributed by atoms with van der Waals surface area (Å²) in [6, 6.07) is 0. The van der Waals surface area contributed by atoms with Gasteiger partial charge in [-0.1, -0.05) is 6.08 Å². The first-order valence-electron chi connectivity index (χ1n) is 8.35. The van der Waals surface area contributed by atoms with E-state index in [0.29, 0.717) is 18.5 Å². The van der Waals surface area contributed by atoms with Gasteiger partial charge in [-0.15, -0.1) is 5.17 Å². The average Bonchev–Trinajstić information content (AvgIpc) is 2.70. The van der Waals surface area contributed by atoms with Crippen molar-refractivity contribution in [1.29, 1.82) is 0 Å². The van der Waals surface area contributed by atoms with Gasteiger partial charge < -0.3 is 10.0 Å². The van der Waals surface area contributed by atoms with E-state index >= 15 is 0 Å². The molecule has 0 bridgehead atoms. The van der Waals surface area contributed by atoms with Crippen LogP contribution in [0.2, 0.25) is 5.82 Å². The van der Waals surface area contributed by atoms with Gasteiger partial charge in [0.25, 0.3) is 0 Å². The lowest BCUT2D eigenvalue weighted by molar-refractivity contribution is -0.463. The van der Waals surface area contributed by atoms with Crippen molar-refractivity contribution in [3.8, 4) is 0 Å². The SMILES string of the molecule is OB(O)C1C=CN(OCC(F)(F)C(F)(F)C(F)(F)C(F)(F)C(F)(F)C(F)(F)C(F)(F)C(F)(F)F)N=C1. The Labute approximate surface area is 186 Å². The highest BCUT2D eigenvalue weighted by molar-refractivity contribution is 6.48. The van der Waals surface area contributed by atoms with Gasteiger partial charge in [-0.2, -0.15) is 79.7 Å². The quantitative estimate of drug-likeness (QED) is 0.297. The molecule has 0 amide bonds. The van der Waals surface area contributed by atoms with Gasteiger partial charge in [-0.3, -0.25) is 0 Å². The lowest BCUT2D eigenvalue weighted by Crippen LogP contribution is -2.74. The summed E-state index contributed by atoms with van der Waals surface area (Å²) in [6.45, 7) is -3.18. The first-order valence-corrected chi connectivity index (χ1v) is 8.35. The molecule has 210 valence electrons. The fraction of sp³-hybridized carbons (Fsp3) is 0.769.